The normalized spacial score (nSPS) is 12.3. The van der Waals surface area contributed by atoms with Crippen molar-refractivity contribution in [3.05, 3.63) is 59.4 Å². The minimum Gasteiger partial charge on any atom is -0.723 e. The zero-order valence-electron chi connectivity index (χ0n) is 15.0. The second kappa shape index (κ2) is 7.84. The first-order chi connectivity index (χ1) is 14.4. The van der Waals surface area contributed by atoms with Crippen LogP contribution >= 0.6 is 0 Å². The van der Waals surface area contributed by atoms with Crippen molar-refractivity contribution in [3.63, 3.8) is 0 Å². The SMILES string of the molecule is O=C(O)c1nn(-c2ccc(S(=O)(=O)O)cc2)[n+]([O-])c1N=Nc1ccc(S(=O)(=O)O)cc1. The Morgan fingerprint density at radius 3 is 1.84 bits per heavy atom. The molecule has 0 radical (unpaired) electrons. The highest BCUT2D eigenvalue weighted by atomic mass is 32.2. The summed E-state index contributed by atoms with van der Waals surface area (Å²) < 4.78 is 62.2. The summed E-state index contributed by atoms with van der Waals surface area (Å²) in [5, 5.41) is 32.6. The van der Waals surface area contributed by atoms with Crippen molar-refractivity contribution in [2.24, 2.45) is 10.2 Å². The second-order valence-corrected chi connectivity index (χ2v) is 8.62. The van der Waals surface area contributed by atoms with Gasteiger partial charge in [-0.3, -0.25) is 9.11 Å². The molecule has 3 rings (SSSR count). The molecule has 31 heavy (non-hydrogen) atoms. The molecule has 2 aromatic carbocycles. The molecule has 0 unspecified atom stereocenters. The molecule has 3 N–H and O–H groups in total. The first-order valence-corrected chi connectivity index (χ1v) is 10.8. The summed E-state index contributed by atoms with van der Waals surface area (Å²) in [4.78, 5) is 11.1. The average molecular weight is 469 g/mol. The van der Waals surface area contributed by atoms with E-state index in [9.17, 15) is 31.9 Å². The summed E-state index contributed by atoms with van der Waals surface area (Å²) in [7, 11) is -8.90. The number of aromatic nitrogens is 3. The van der Waals surface area contributed by atoms with Crippen LogP contribution in [0.15, 0.2) is 68.6 Å². The number of aromatic carboxylic acids is 1. The molecule has 1 aromatic heterocycles. The third-order valence-electron chi connectivity index (χ3n) is 3.72. The summed E-state index contributed by atoms with van der Waals surface area (Å²) in [6.07, 6.45) is 0. The van der Waals surface area contributed by atoms with Gasteiger partial charge in [-0.25, -0.2) is 4.79 Å². The van der Waals surface area contributed by atoms with E-state index in [0.29, 0.717) is 4.80 Å². The van der Waals surface area contributed by atoms with E-state index in [2.05, 4.69) is 15.3 Å². The number of carboxylic acids is 1. The van der Waals surface area contributed by atoms with Gasteiger partial charge in [0.25, 0.3) is 20.2 Å². The fraction of sp³-hybridized carbons (Fsp3) is 0. The molecule has 0 amide bonds. The number of nitrogens with zero attached hydrogens (tertiary/aromatic N) is 5. The van der Waals surface area contributed by atoms with Crippen LogP contribution in [0.3, 0.4) is 0 Å². The Labute approximate surface area is 173 Å². The Kier molecular flexibility index (Phi) is 5.55. The maximum atomic E-state index is 12.5. The van der Waals surface area contributed by atoms with E-state index in [0.717, 1.165) is 48.5 Å². The van der Waals surface area contributed by atoms with Gasteiger partial charge in [-0.2, -0.15) is 21.7 Å². The first kappa shape index (κ1) is 22.0. The molecule has 1 heterocycles. The first-order valence-electron chi connectivity index (χ1n) is 7.91. The molecule has 0 saturated carbocycles. The lowest BCUT2D eigenvalue weighted by molar-refractivity contribution is -0.676. The van der Waals surface area contributed by atoms with E-state index < -0.39 is 47.5 Å². The topological polar surface area (TPSA) is 216 Å². The average Bonchev–Trinajstić information content (AvgIpc) is 3.02. The molecule has 0 aliphatic carbocycles. The lowest BCUT2D eigenvalue weighted by atomic mass is 10.3. The standard InChI is InChI=1S/C15H11N5O9S2/c21-15(22)13-14(17-16-9-1-5-11(6-2-9)30(24,25)26)20(23)19(18-13)10-3-7-12(8-4-10)31(27,28)29/h1-8H,(H,21,22)(H,24,25,26)(H,27,28,29). The third-order valence-corrected chi connectivity index (χ3v) is 5.46. The van der Waals surface area contributed by atoms with Crippen LogP contribution in [0.25, 0.3) is 5.69 Å². The highest BCUT2D eigenvalue weighted by Crippen LogP contribution is 2.21. The predicted molar refractivity (Wildman–Crippen MR) is 99.7 cm³/mol. The van der Waals surface area contributed by atoms with Crippen LogP contribution in [-0.2, 0) is 20.2 Å². The fourth-order valence-electron chi connectivity index (χ4n) is 2.29. The molecule has 0 bridgehead atoms. The Hall–Kier alpha value is -3.73. The molecular formula is C15H11N5O9S2. The predicted octanol–water partition coefficient (Wildman–Crippen LogP) is 1.11. The zero-order valence-corrected chi connectivity index (χ0v) is 16.6. The summed E-state index contributed by atoms with van der Waals surface area (Å²) >= 11 is 0. The fourth-order valence-corrected chi connectivity index (χ4v) is 3.25. The van der Waals surface area contributed by atoms with Gasteiger partial charge < -0.3 is 10.3 Å². The van der Waals surface area contributed by atoms with E-state index in [1.807, 2.05) is 0 Å². The van der Waals surface area contributed by atoms with Crippen LogP contribution in [0.1, 0.15) is 10.5 Å². The third kappa shape index (κ3) is 4.72. The van der Waals surface area contributed by atoms with Crippen molar-refractivity contribution in [1.29, 1.82) is 0 Å². The van der Waals surface area contributed by atoms with Crippen LogP contribution in [0.2, 0.25) is 0 Å². The molecule has 0 atom stereocenters. The Bertz CT molecular complexity index is 1390. The van der Waals surface area contributed by atoms with E-state index in [4.69, 9.17) is 9.11 Å². The van der Waals surface area contributed by atoms with Crippen LogP contribution in [0.5, 0.6) is 0 Å². The molecular weight excluding hydrogens is 458 g/mol. The van der Waals surface area contributed by atoms with Gasteiger partial charge in [-0.05, 0) is 53.6 Å². The molecule has 0 aliphatic heterocycles. The monoisotopic (exact) mass is 469 g/mol. The maximum absolute atomic E-state index is 12.5. The molecule has 0 saturated heterocycles. The van der Waals surface area contributed by atoms with Gasteiger partial charge in [0.05, 0.1) is 9.79 Å². The lowest BCUT2D eigenvalue weighted by Gasteiger charge is -2.06. The summed E-state index contributed by atoms with van der Waals surface area (Å²) in [6.45, 7) is 0. The minimum absolute atomic E-state index is 0.0119. The Balaban J connectivity index is 2.00. The minimum atomic E-state index is -4.48. The van der Waals surface area contributed by atoms with Crippen LogP contribution in [-0.4, -0.2) is 46.9 Å². The van der Waals surface area contributed by atoms with Gasteiger partial charge in [0.1, 0.15) is 11.4 Å². The van der Waals surface area contributed by atoms with E-state index in [1.165, 1.54) is 0 Å². The van der Waals surface area contributed by atoms with Crippen molar-refractivity contribution < 1.29 is 40.7 Å². The summed E-state index contributed by atoms with van der Waals surface area (Å²) in [6, 6.07) is 8.51. The molecule has 0 aliphatic rings. The summed E-state index contributed by atoms with van der Waals surface area (Å²) in [5.74, 6) is -2.32. The van der Waals surface area contributed by atoms with Crippen molar-refractivity contribution in [2.75, 3.05) is 0 Å². The van der Waals surface area contributed by atoms with Gasteiger partial charge in [-0.15, -0.1) is 0 Å². The van der Waals surface area contributed by atoms with E-state index >= 15 is 0 Å². The van der Waals surface area contributed by atoms with E-state index in [-0.39, 0.29) is 16.2 Å². The van der Waals surface area contributed by atoms with Crippen molar-refractivity contribution in [1.82, 2.24) is 9.90 Å². The van der Waals surface area contributed by atoms with E-state index in [1.54, 1.807) is 0 Å². The quantitative estimate of drug-likeness (QED) is 0.202. The van der Waals surface area contributed by atoms with Gasteiger partial charge in [0.2, 0.25) is 0 Å². The molecule has 3 aromatic rings. The zero-order chi connectivity index (χ0) is 23.0. The Morgan fingerprint density at radius 2 is 1.39 bits per heavy atom. The van der Waals surface area contributed by atoms with Gasteiger partial charge in [0.15, 0.2) is 0 Å². The van der Waals surface area contributed by atoms with Gasteiger partial charge in [0, 0.05) is 5.11 Å². The van der Waals surface area contributed by atoms with Crippen molar-refractivity contribution in [2.45, 2.75) is 9.79 Å². The van der Waals surface area contributed by atoms with Crippen LogP contribution in [0.4, 0.5) is 11.5 Å². The van der Waals surface area contributed by atoms with Gasteiger partial charge >= 0.3 is 17.5 Å². The number of hydrogen-bond donors (Lipinski definition) is 3. The summed E-state index contributed by atoms with van der Waals surface area (Å²) in [5.41, 5.74) is -0.773. The molecule has 0 spiro atoms. The molecule has 162 valence electrons. The Morgan fingerprint density at radius 1 is 0.903 bits per heavy atom. The van der Waals surface area contributed by atoms with Gasteiger partial charge in [-0.1, -0.05) is 9.91 Å². The number of rotatable bonds is 6. The highest BCUT2D eigenvalue weighted by Gasteiger charge is 2.29. The van der Waals surface area contributed by atoms with Crippen molar-refractivity contribution in [3.8, 4) is 5.69 Å². The maximum Gasteiger partial charge on any atom is 0.381 e. The number of carbonyl (C=O) groups is 1. The number of benzene rings is 2. The molecule has 0 fully saturated rings. The smallest absolute Gasteiger partial charge is 0.381 e. The van der Waals surface area contributed by atoms with Crippen LogP contribution in [0, 0.1) is 5.21 Å². The van der Waals surface area contributed by atoms with Crippen LogP contribution < -0.4 is 4.85 Å². The largest absolute Gasteiger partial charge is 0.723 e. The number of carboxylic acid groups (broad SMARTS) is 1. The molecule has 16 heteroatoms. The number of azo groups is 1. The van der Waals surface area contributed by atoms with Crippen molar-refractivity contribution >= 4 is 37.7 Å². The highest BCUT2D eigenvalue weighted by molar-refractivity contribution is 7.86. The molecule has 14 nitrogen and oxygen atoms in total. The lowest BCUT2D eigenvalue weighted by Crippen LogP contribution is -2.36. The second-order valence-electron chi connectivity index (χ2n) is 5.78. The number of hydrogen-bond acceptors (Lipinski definition) is 9.